The molecule has 0 aliphatic carbocycles. The number of esters is 1. The summed E-state index contributed by atoms with van der Waals surface area (Å²) in [6, 6.07) is 0. The molecule has 0 heterocycles. The lowest BCUT2D eigenvalue weighted by atomic mass is 10.0. The number of carboxylic acid groups (broad SMARTS) is 1. The molecule has 0 spiro atoms. The molecule has 29 heavy (non-hydrogen) atoms. The van der Waals surface area contributed by atoms with Gasteiger partial charge in [0.1, 0.15) is 6.54 Å². The van der Waals surface area contributed by atoms with Crippen LogP contribution in [0.2, 0.25) is 0 Å². The van der Waals surface area contributed by atoms with Gasteiger partial charge in [0.25, 0.3) is 0 Å². The highest BCUT2D eigenvalue weighted by Gasteiger charge is 2.24. The topological polar surface area (TPSA) is 83.8 Å². The average molecular weight is 417 g/mol. The molecular weight excluding hydrogens is 370 g/mol. The summed E-state index contributed by atoms with van der Waals surface area (Å²) in [4.78, 5) is 23.0. The van der Waals surface area contributed by atoms with E-state index in [0.29, 0.717) is 17.4 Å². The highest BCUT2D eigenvalue weighted by atomic mass is 16.5. The molecule has 0 aromatic carbocycles. The van der Waals surface area contributed by atoms with Gasteiger partial charge in [-0.05, 0) is 19.3 Å². The predicted octanol–water partition coefficient (Wildman–Crippen LogP) is 4.53. The summed E-state index contributed by atoms with van der Waals surface area (Å²) in [5.41, 5.74) is 0. The molecule has 2 unspecified atom stereocenters. The van der Waals surface area contributed by atoms with Gasteiger partial charge in [0.2, 0.25) is 0 Å². The van der Waals surface area contributed by atoms with Crippen LogP contribution in [-0.4, -0.2) is 66.5 Å². The Morgan fingerprint density at radius 2 is 1.38 bits per heavy atom. The Morgan fingerprint density at radius 3 is 1.86 bits per heavy atom. The maximum atomic E-state index is 12.0. The first-order valence-corrected chi connectivity index (χ1v) is 11.5. The fourth-order valence-corrected chi connectivity index (χ4v) is 3.56. The number of aliphatic carboxylic acids is 1. The monoisotopic (exact) mass is 416 g/mol. The Labute approximate surface area is 178 Å². The van der Waals surface area contributed by atoms with Crippen LogP contribution in [0.15, 0.2) is 0 Å². The largest absolute Gasteiger partial charge is 0.481 e. The molecule has 2 N–H and O–H groups in total. The van der Waals surface area contributed by atoms with Crippen molar-refractivity contribution in [1.29, 1.82) is 0 Å². The summed E-state index contributed by atoms with van der Waals surface area (Å²) in [5, 5.41) is 18.7. The van der Waals surface area contributed by atoms with Gasteiger partial charge >= 0.3 is 11.9 Å². The molecule has 2 atom stereocenters. The van der Waals surface area contributed by atoms with Crippen LogP contribution < -0.4 is 0 Å². The second-order valence-electron chi connectivity index (χ2n) is 9.35. The van der Waals surface area contributed by atoms with E-state index in [-0.39, 0.29) is 18.5 Å². The normalized spacial score (nSPS) is 13.8. The van der Waals surface area contributed by atoms with Crippen LogP contribution in [0.3, 0.4) is 0 Å². The summed E-state index contributed by atoms with van der Waals surface area (Å²) >= 11 is 0. The minimum absolute atomic E-state index is 0.112. The van der Waals surface area contributed by atoms with E-state index in [1.54, 1.807) is 0 Å². The molecule has 6 nitrogen and oxygen atoms in total. The average Bonchev–Trinajstić information content (AvgIpc) is 2.57. The Bertz CT molecular complexity index is 433. The minimum atomic E-state index is -0.937. The van der Waals surface area contributed by atoms with E-state index in [0.717, 1.165) is 44.9 Å². The molecule has 0 aromatic heterocycles. The molecular formula is C23H46NO5+. The lowest BCUT2D eigenvalue weighted by Gasteiger charge is -2.28. The van der Waals surface area contributed by atoms with Gasteiger partial charge in [-0.3, -0.25) is 9.59 Å². The molecule has 0 rings (SSSR count). The standard InChI is InChI=1S/C23H45NO5/c1-5-15-20(25)16-13-11-9-7-6-8-10-12-14-17-23(28)29-21(18-22(26)27)19-24(2,3)4/h20-21,25H,5-19H2,1-4H3/p+1. The van der Waals surface area contributed by atoms with Gasteiger partial charge in [-0.2, -0.15) is 0 Å². The second-order valence-corrected chi connectivity index (χ2v) is 9.35. The summed E-state index contributed by atoms with van der Waals surface area (Å²) in [6.45, 7) is 2.60. The molecule has 0 aromatic rings. The van der Waals surface area contributed by atoms with Crippen LogP contribution in [-0.2, 0) is 14.3 Å². The fraction of sp³-hybridized carbons (Fsp3) is 0.913. The Hall–Kier alpha value is -1.14. The van der Waals surface area contributed by atoms with Crippen LogP contribution in [0, 0.1) is 0 Å². The Balaban J connectivity index is 3.66. The minimum Gasteiger partial charge on any atom is -0.481 e. The second kappa shape index (κ2) is 16.6. The fourth-order valence-electron chi connectivity index (χ4n) is 3.56. The number of carbonyl (C=O) groups excluding carboxylic acids is 1. The van der Waals surface area contributed by atoms with Crippen molar-refractivity contribution in [2.45, 2.75) is 109 Å². The highest BCUT2D eigenvalue weighted by molar-refractivity contribution is 5.71. The number of ether oxygens (including phenoxy) is 1. The lowest BCUT2D eigenvalue weighted by Crippen LogP contribution is -2.43. The van der Waals surface area contributed by atoms with Crippen molar-refractivity contribution in [3.05, 3.63) is 0 Å². The van der Waals surface area contributed by atoms with E-state index in [1.165, 1.54) is 32.1 Å². The maximum absolute atomic E-state index is 12.0. The van der Waals surface area contributed by atoms with Crippen molar-refractivity contribution >= 4 is 11.9 Å². The van der Waals surface area contributed by atoms with E-state index in [9.17, 15) is 14.7 Å². The van der Waals surface area contributed by atoms with Crippen molar-refractivity contribution < 1.29 is 29.0 Å². The van der Waals surface area contributed by atoms with Crippen molar-refractivity contribution in [3.63, 3.8) is 0 Å². The van der Waals surface area contributed by atoms with E-state index >= 15 is 0 Å². The highest BCUT2D eigenvalue weighted by Crippen LogP contribution is 2.14. The van der Waals surface area contributed by atoms with E-state index in [2.05, 4.69) is 6.92 Å². The molecule has 0 saturated carbocycles. The van der Waals surface area contributed by atoms with Crippen LogP contribution >= 0.6 is 0 Å². The first kappa shape index (κ1) is 27.9. The molecule has 0 saturated heterocycles. The first-order chi connectivity index (χ1) is 13.6. The van der Waals surface area contributed by atoms with Gasteiger partial charge in [0, 0.05) is 6.42 Å². The van der Waals surface area contributed by atoms with Gasteiger partial charge in [0.05, 0.1) is 33.7 Å². The number of nitrogens with zero attached hydrogens (tertiary/aromatic N) is 1. The molecule has 0 radical (unpaired) electrons. The molecule has 0 aliphatic heterocycles. The van der Waals surface area contributed by atoms with Crippen molar-refractivity contribution in [2.75, 3.05) is 27.7 Å². The summed E-state index contributed by atoms with van der Waals surface area (Å²) in [7, 11) is 5.87. The third kappa shape index (κ3) is 19.9. The zero-order chi connectivity index (χ0) is 22.1. The van der Waals surface area contributed by atoms with Crippen molar-refractivity contribution in [2.24, 2.45) is 0 Å². The molecule has 0 aliphatic rings. The van der Waals surface area contributed by atoms with Crippen LogP contribution in [0.1, 0.15) is 96.8 Å². The number of aliphatic hydroxyl groups excluding tert-OH is 1. The number of unbranched alkanes of at least 4 members (excludes halogenated alkanes) is 8. The van der Waals surface area contributed by atoms with Gasteiger partial charge in [0.15, 0.2) is 6.10 Å². The quantitative estimate of drug-likeness (QED) is 0.184. The molecule has 6 heteroatoms. The smallest absolute Gasteiger partial charge is 0.307 e. The maximum Gasteiger partial charge on any atom is 0.307 e. The summed E-state index contributed by atoms with van der Waals surface area (Å²) in [6.07, 6.45) is 12.6. The zero-order valence-electron chi connectivity index (χ0n) is 19.3. The number of carbonyl (C=O) groups is 2. The Kier molecular flexibility index (Phi) is 16.0. The number of quaternary nitrogens is 1. The third-order valence-electron chi connectivity index (χ3n) is 4.99. The van der Waals surface area contributed by atoms with E-state index < -0.39 is 12.1 Å². The number of carboxylic acids is 1. The van der Waals surface area contributed by atoms with E-state index in [4.69, 9.17) is 9.84 Å². The van der Waals surface area contributed by atoms with Gasteiger partial charge < -0.3 is 19.4 Å². The number of likely N-dealkylation sites (N-methyl/N-ethyl adjacent to an activating group) is 1. The van der Waals surface area contributed by atoms with Gasteiger partial charge in [-0.25, -0.2) is 0 Å². The first-order valence-electron chi connectivity index (χ1n) is 11.5. The van der Waals surface area contributed by atoms with Crippen LogP contribution in [0.4, 0.5) is 0 Å². The number of rotatable bonds is 19. The molecule has 0 bridgehead atoms. The molecule has 0 fully saturated rings. The van der Waals surface area contributed by atoms with Gasteiger partial charge in [-0.15, -0.1) is 0 Å². The number of hydrogen-bond donors (Lipinski definition) is 2. The lowest BCUT2D eigenvalue weighted by molar-refractivity contribution is -0.873. The SMILES string of the molecule is CCCC(O)CCCCCCCCCCCC(=O)OC(CC(=O)O)C[N+](C)(C)C. The summed E-state index contributed by atoms with van der Waals surface area (Å²) < 4.78 is 5.96. The molecule has 0 amide bonds. The van der Waals surface area contributed by atoms with Crippen molar-refractivity contribution in [1.82, 2.24) is 0 Å². The van der Waals surface area contributed by atoms with Crippen LogP contribution in [0.25, 0.3) is 0 Å². The third-order valence-corrected chi connectivity index (χ3v) is 4.99. The molecule has 172 valence electrons. The number of aliphatic hydroxyl groups is 1. The van der Waals surface area contributed by atoms with Crippen LogP contribution in [0.5, 0.6) is 0 Å². The number of hydrogen-bond acceptors (Lipinski definition) is 4. The summed E-state index contributed by atoms with van der Waals surface area (Å²) in [5.74, 6) is -1.22. The van der Waals surface area contributed by atoms with E-state index in [1.807, 2.05) is 21.1 Å². The van der Waals surface area contributed by atoms with Gasteiger partial charge in [-0.1, -0.05) is 64.7 Å². The zero-order valence-corrected chi connectivity index (χ0v) is 19.3. The van der Waals surface area contributed by atoms with Crippen molar-refractivity contribution in [3.8, 4) is 0 Å². The Morgan fingerprint density at radius 1 is 0.862 bits per heavy atom. The predicted molar refractivity (Wildman–Crippen MR) is 117 cm³/mol.